The van der Waals surface area contributed by atoms with Crippen LogP contribution in [0.25, 0.3) is 0 Å². The number of carboxylic acids is 1. The van der Waals surface area contributed by atoms with Crippen LogP contribution in [0.3, 0.4) is 0 Å². The van der Waals surface area contributed by atoms with Gasteiger partial charge in [-0.3, -0.25) is 0 Å². The van der Waals surface area contributed by atoms with Gasteiger partial charge in [0.05, 0.1) is 12.2 Å². The second-order valence-corrected chi connectivity index (χ2v) is 7.28. The van der Waals surface area contributed by atoms with E-state index in [0.717, 1.165) is 6.42 Å². The predicted octanol–water partition coefficient (Wildman–Crippen LogP) is 7.24. The van der Waals surface area contributed by atoms with Crippen LogP contribution in [0, 0.1) is 0 Å². The highest BCUT2D eigenvalue weighted by Gasteiger charge is 2.03. The number of unbranched alkanes of at least 4 members (excludes halogenated alkanes) is 13. The fourth-order valence-corrected chi connectivity index (χ4v) is 3.21. The third-order valence-electron chi connectivity index (χ3n) is 4.85. The maximum atomic E-state index is 10.9. The molecule has 1 aromatic carbocycles. The van der Waals surface area contributed by atoms with Gasteiger partial charge < -0.3 is 9.84 Å². The molecule has 0 aliphatic rings. The van der Waals surface area contributed by atoms with Gasteiger partial charge in [0.15, 0.2) is 0 Å². The van der Waals surface area contributed by atoms with E-state index in [1.165, 1.54) is 83.5 Å². The van der Waals surface area contributed by atoms with Crippen LogP contribution < -0.4 is 4.74 Å². The largest absolute Gasteiger partial charge is 0.494 e. The first-order chi connectivity index (χ1) is 12.7. The van der Waals surface area contributed by atoms with Gasteiger partial charge in [-0.05, 0) is 24.6 Å². The lowest BCUT2D eigenvalue weighted by Crippen LogP contribution is -2.00. The van der Waals surface area contributed by atoms with Crippen molar-refractivity contribution in [1.82, 2.24) is 0 Å². The summed E-state index contributed by atoms with van der Waals surface area (Å²) in [6, 6.07) is 6.72. The molecular weight excluding hydrogens is 324 g/mol. The summed E-state index contributed by atoms with van der Waals surface area (Å²) in [7, 11) is 0. The Balaban J connectivity index is 1.85. The van der Waals surface area contributed by atoms with Crippen molar-refractivity contribution in [2.24, 2.45) is 0 Å². The molecule has 3 nitrogen and oxygen atoms in total. The molecule has 0 bridgehead atoms. The molecule has 26 heavy (non-hydrogen) atoms. The molecule has 0 spiro atoms. The van der Waals surface area contributed by atoms with Gasteiger partial charge in [-0.1, -0.05) is 96.5 Å². The smallest absolute Gasteiger partial charge is 0.335 e. The molecule has 1 N–H and O–H groups in total. The monoisotopic (exact) mass is 362 g/mol. The molecule has 0 saturated heterocycles. The van der Waals surface area contributed by atoms with Gasteiger partial charge in [-0.2, -0.15) is 0 Å². The zero-order chi connectivity index (χ0) is 18.9. The molecule has 1 rings (SSSR count). The second kappa shape index (κ2) is 15.7. The first-order valence-corrected chi connectivity index (χ1v) is 10.7. The average Bonchev–Trinajstić information content (AvgIpc) is 2.65. The minimum Gasteiger partial charge on any atom is -0.494 e. The zero-order valence-corrected chi connectivity index (χ0v) is 16.7. The molecule has 0 saturated carbocycles. The lowest BCUT2D eigenvalue weighted by atomic mass is 10.0. The van der Waals surface area contributed by atoms with Crippen LogP contribution in [0.5, 0.6) is 5.75 Å². The van der Waals surface area contributed by atoms with Crippen LogP contribution >= 0.6 is 0 Å². The molecule has 0 fully saturated rings. The van der Waals surface area contributed by atoms with Crippen molar-refractivity contribution < 1.29 is 14.6 Å². The molecule has 0 amide bonds. The molecule has 0 aliphatic carbocycles. The fourth-order valence-electron chi connectivity index (χ4n) is 3.21. The Morgan fingerprint density at radius 3 is 1.81 bits per heavy atom. The van der Waals surface area contributed by atoms with E-state index in [4.69, 9.17) is 9.84 Å². The van der Waals surface area contributed by atoms with Gasteiger partial charge >= 0.3 is 5.97 Å². The summed E-state index contributed by atoms with van der Waals surface area (Å²) in [5, 5.41) is 8.96. The van der Waals surface area contributed by atoms with E-state index in [0.29, 0.717) is 12.4 Å². The lowest BCUT2D eigenvalue weighted by Gasteiger charge is -2.07. The summed E-state index contributed by atoms with van der Waals surface area (Å²) in [6.07, 6.45) is 18.8. The van der Waals surface area contributed by atoms with Crippen molar-refractivity contribution in [3.05, 3.63) is 29.8 Å². The molecule has 0 heterocycles. The van der Waals surface area contributed by atoms with Gasteiger partial charge in [0.2, 0.25) is 0 Å². The first kappa shape index (κ1) is 22.5. The number of aromatic carboxylic acids is 1. The van der Waals surface area contributed by atoms with E-state index in [9.17, 15) is 4.79 Å². The van der Waals surface area contributed by atoms with Crippen molar-refractivity contribution >= 4 is 5.97 Å². The van der Waals surface area contributed by atoms with Crippen molar-refractivity contribution in [1.29, 1.82) is 0 Å². The summed E-state index contributed by atoms with van der Waals surface area (Å²) < 4.78 is 5.64. The number of hydrogen-bond acceptors (Lipinski definition) is 2. The molecule has 0 unspecified atom stereocenters. The van der Waals surface area contributed by atoms with Crippen molar-refractivity contribution in [2.45, 2.75) is 96.8 Å². The van der Waals surface area contributed by atoms with Gasteiger partial charge in [0.25, 0.3) is 0 Å². The number of carboxylic acid groups (broad SMARTS) is 1. The van der Waals surface area contributed by atoms with E-state index in [-0.39, 0.29) is 5.56 Å². The summed E-state index contributed by atoms with van der Waals surface area (Å²) >= 11 is 0. The summed E-state index contributed by atoms with van der Waals surface area (Å²) in [5.74, 6) is -0.258. The molecule has 3 heteroatoms. The Kier molecular flexibility index (Phi) is 13.6. The third kappa shape index (κ3) is 11.9. The molecule has 1 aromatic rings. The predicted molar refractivity (Wildman–Crippen MR) is 109 cm³/mol. The first-order valence-electron chi connectivity index (χ1n) is 10.7. The number of carbonyl (C=O) groups is 1. The fraction of sp³-hybridized carbons (Fsp3) is 0.696. The Labute approximate surface area is 160 Å². The van der Waals surface area contributed by atoms with E-state index in [1.807, 2.05) is 6.07 Å². The Morgan fingerprint density at radius 1 is 0.808 bits per heavy atom. The van der Waals surface area contributed by atoms with Crippen LogP contribution in [0.4, 0.5) is 0 Å². The van der Waals surface area contributed by atoms with E-state index < -0.39 is 5.97 Å². The normalized spacial score (nSPS) is 10.8. The van der Waals surface area contributed by atoms with Crippen LogP contribution in [0.2, 0.25) is 0 Å². The van der Waals surface area contributed by atoms with Crippen molar-refractivity contribution in [2.75, 3.05) is 6.61 Å². The number of hydrogen-bond donors (Lipinski definition) is 1. The van der Waals surface area contributed by atoms with E-state index in [2.05, 4.69) is 6.92 Å². The van der Waals surface area contributed by atoms with E-state index >= 15 is 0 Å². The Morgan fingerprint density at radius 2 is 1.31 bits per heavy atom. The molecule has 0 radical (unpaired) electrons. The van der Waals surface area contributed by atoms with Crippen LogP contribution in [-0.4, -0.2) is 17.7 Å². The number of ether oxygens (including phenoxy) is 1. The highest BCUT2D eigenvalue weighted by molar-refractivity contribution is 5.87. The van der Waals surface area contributed by atoms with Crippen LogP contribution in [0.15, 0.2) is 24.3 Å². The third-order valence-corrected chi connectivity index (χ3v) is 4.85. The van der Waals surface area contributed by atoms with Crippen molar-refractivity contribution in [3.63, 3.8) is 0 Å². The molecule has 148 valence electrons. The van der Waals surface area contributed by atoms with Crippen LogP contribution in [-0.2, 0) is 0 Å². The SMILES string of the molecule is CCCCCCCCCCCCCCCCOc1cccc(C(=O)O)c1. The summed E-state index contributed by atoms with van der Waals surface area (Å²) in [4.78, 5) is 10.9. The van der Waals surface area contributed by atoms with E-state index in [1.54, 1.807) is 18.2 Å². The zero-order valence-electron chi connectivity index (χ0n) is 16.7. The Bertz CT molecular complexity index is 470. The Hall–Kier alpha value is -1.51. The standard InChI is InChI=1S/C23H38O3/c1-2-3-4-5-6-7-8-9-10-11-12-13-14-15-19-26-22-18-16-17-21(20-22)23(24)25/h16-18,20H,2-15,19H2,1H3,(H,24,25). The van der Waals surface area contributed by atoms with Gasteiger partial charge in [0, 0.05) is 0 Å². The number of rotatable bonds is 17. The van der Waals surface area contributed by atoms with Crippen LogP contribution in [0.1, 0.15) is 107 Å². The maximum Gasteiger partial charge on any atom is 0.335 e. The van der Waals surface area contributed by atoms with Gasteiger partial charge in [-0.15, -0.1) is 0 Å². The van der Waals surface area contributed by atoms with Crippen molar-refractivity contribution in [3.8, 4) is 5.75 Å². The summed E-state index contributed by atoms with van der Waals surface area (Å²) in [5.41, 5.74) is 0.281. The average molecular weight is 363 g/mol. The highest BCUT2D eigenvalue weighted by Crippen LogP contribution is 2.15. The highest BCUT2D eigenvalue weighted by atomic mass is 16.5. The lowest BCUT2D eigenvalue weighted by molar-refractivity contribution is 0.0696. The van der Waals surface area contributed by atoms with Gasteiger partial charge in [0.1, 0.15) is 5.75 Å². The minimum atomic E-state index is -0.910. The number of benzene rings is 1. The topological polar surface area (TPSA) is 46.5 Å². The summed E-state index contributed by atoms with van der Waals surface area (Å²) in [6.45, 7) is 2.94. The molecule has 0 aromatic heterocycles. The quantitative estimate of drug-likeness (QED) is 0.297. The molecule has 0 aliphatic heterocycles. The maximum absolute atomic E-state index is 10.9. The van der Waals surface area contributed by atoms with Gasteiger partial charge in [-0.25, -0.2) is 4.79 Å². The molecular formula is C23H38O3. The second-order valence-electron chi connectivity index (χ2n) is 7.28. The molecule has 0 atom stereocenters. The minimum absolute atomic E-state index is 0.281.